The Labute approximate surface area is 152 Å². The van der Waals surface area contributed by atoms with Crippen LogP contribution >= 0.6 is 23.4 Å². The maximum Gasteiger partial charge on any atom is 0.289 e. The van der Waals surface area contributed by atoms with E-state index in [1.165, 1.54) is 12.1 Å². The molecule has 0 unspecified atom stereocenters. The SMILES string of the molecule is O=C(Nc1ccc(F)cc1Cl)c1cccc(CN2C(=O)CSC2=O)c1. The Bertz CT molecular complexity index is 859. The number of imide groups is 1. The van der Waals surface area contributed by atoms with Crippen molar-refractivity contribution in [3.8, 4) is 0 Å². The van der Waals surface area contributed by atoms with E-state index in [0.29, 0.717) is 16.8 Å². The lowest BCUT2D eigenvalue weighted by molar-refractivity contribution is -0.125. The van der Waals surface area contributed by atoms with Gasteiger partial charge < -0.3 is 5.32 Å². The van der Waals surface area contributed by atoms with Crippen molar-refractivity contribution in [3.05, 3.63) is 64.4 Å². The molecule has 3 rings (SSSR count). The van der Waals surface area contributed by atoms with Gasteiger partial charge in [0.1, 0.15) is 5.82 Å². The van der Waals surface area contributed by atoms with Gasteiger partial charge in [0.2, 0.25) is 5.91 Å². The molecule has 8 heteroatoms. The second-order valence-electron chi connectivity index (χ2n) is 5.31. The Morgan fingerprint density at radius 1 is 1.24 bits per heavy atom. The molecule has 0 radical (unpaired) electrons. The molecule has 0 atom stereocenters. The van der Waals surface area contributed by atoms with Crippen LogP contribution < -0.4 is 5.32 Å². The van der Waals surface area contributed by atoms with Crippen molar-refractivity contribution in [2.45, 2.75) is 6.54 Å². The molecule has 0 aromatic heterocycles. The maximum absolute atomic E-state index is 13.1. The zero-order valence-electron chi connectivity index (χ0n) is 12.8. The number of benzene rings is 2. The molecular formula is C17H12ClFN2O3S. The van der Waals surface area contributed by atoms with Crippen molar-refractivity contribution in [1.29, 1.82) is 0 Å². The van der Waals surface area contributed by atoms with Crippen LogP contribution in [0.2, 0.25) is 5.02 Å². The van der Waals surface area contributed by atoms with Gasteiger partial charge in [-0.05, 0) is 35.9 Å². The van der Waals surface area contributed by atoms with Crippen LogP contribution in [0.4, 0.5) is 14.9 Å². The van der Waals surface area contributed by atoms with E-state index in [4.69, 9.17) is 11.6 Å². The topological polar surface area (TPSA) is 66.5 Å². The number of nitrogens with one attached hydrogen (secondary N) is 1. The summed E-state index contributed by atoms with van der Waals surface area (Å²) in [5, 5.41) is 2.40. The van der Waals surface area contributed by atoms with Crippen LogP contribution in [-0.4, -0.2) is 27.7 Å². The average Bonchev–Trinajstić information content (AvgIpc) is 2.89. The van der Waals surface area contributed by atoms with Gasteiger partial charge in [0.05, 0.1) is 23.0 Å². The van der Waals surface area contributed by atoms with Crippen LogP contribution in [0.25, 0.3) is 0 Å². The van der Waals surface area contributed by atoms with Crippen molar-refractivity contribution < 1.29 is 18.8 Å². The monoisotopic (exact) mass is 378 g/mol. The minimum Gasteiger partial charge on any atom is -0.321 e. The van der Waals surface area contributed by atoms with Gasteiger partial charge in [-0.2, -0.15) is 0 Å². The fourth-order valence-electron chi connectivity index (χ4n) is 2.31. The maximum atomic E-state index is 13.1. The van der Waals surface area contributed by atoms with Crippen molar-refractivity contribution in [2.75, 3.05) is 11.1 Å². The number of halogens is 2. The molecule has 1 heterocycles. The van der Waals surface area contributed by atoms with Gasteiger partial charge in [-0.25, -0.2) is 4.39 Å². The molecule has 0 aliphatic carbocycles. The molecule has 2 aromatic rings. The van der Waals surface area contributed by atoms with Gasteiger partial charge in [0, 0.05) is 5.56 Å². The number of rotatable bonds is 4. The number of hydrogen-bond acceptors (Lipinski definition) is 4. The quantitative estimate of drug-likeness (QED) is 0.875. The molecular weight excluding hydrogens is 367 g/mol. The Hall–Kier alpha value is -2.38. The minimum absolute atomic E-state index is 0.0924. The van der Waals surface area contributed by atoms with E-state index < -0.39 is 11.7 Å². The van der Waals surface area contributed by atoms with Gasteiger partial charge in [0.25, 0.3) is 11.1 Å². The van der Waals surface area contributed by atoms with Gasteiger partial charge in [0.15, 0.2) is 0 Å². The van der Waals surface area contributed by atoms with E-state index in [1.807, 2.05) is 0 Å². The number of hydrogen-bond donors (Lipinski definition) is 1. The Kier molecular flexibility index (Phi) is 5.06. The summed E-state index contributed by atoms with van der Waals surface area (Å²) in [5.41, 5.74) is 1.28. The zero-order chi connectivity index (χ0) is 18.0. The molecule has 1 fully saturated rings. The molecule has 2 aromatic carbocycles. The normalized spacial score (nSPS) is 14.1. The highest BCUT2D eigenvalue weighted by Gasteiger charge is 2.29. The number of nitrogens with zero attached hydrogens (tertiary/aromatic N) is 1. The first-order chi connectivity index (χ1) is 11.9. The highest BCUT2D eigenvalue weighted by atomic mass is 35.5. The number of carbonyl (C=O) groups is 3. The molecule has 0 bridgehead atoms. The lowest BCUT2D eigenvalue weighted by Crippen LogP contribution is -2.28. The highest BCUT2D eigenvalue weighted by molar-refractivity contribution is 8.14. The summed E-state index contributed by atoms with van der Waals surface area (Å²) in [4.78, 5) is 36.8. The molecule has 5 nitrogen and oxygen atoms in total. The van der Waals surface area contributed by atoms with Crippen LogP contribution in [0, 0.1) is 5.82 Å². The lowest BCUT2D eigenvalue weighted by Gasteiger charge is -2.13. The van der Waals surface area contributed by atoms with E-state index in [0.717, 1.165) is 22.7 Å². The van der Waals surface area contributed by atoms with Crippen molar-refractivity contribution in [3.63, 3.8) is 0 Å². The van der Waals surface area contributed by atoms with Crippen molar-refractivity contribution >= 4 is 46.1 Å². The summed E-state index contributed by atoms with van der Waals surface area (Å²) in [6, 6.07) is 10.3. The van der Waals surface area contributed by atoms with Gasteiger partial charge in [-0.1, -0.05) is 35.5 Å². The summed E-state index contributed by atoms with van der Waals surface area (Å²) in [5.74, 6) is -1.03. The van der Waals surface area contributed by atoms with Crippen LogP contribution in [0.15, 0.2) is 42.5 Å². The molecule has 1 aliphatic rings. The molecule has 3 amide bonds. The first kappa shape index (κ1) is 17.4. The molecule has 25 heavy (non-hydrogen) atoms. The number of thioether (sulfide) groups is 1. The third-order valence-electron chi connectivity index (χ3n) is 3.55. The summed E-state index contributed by atoms with van der Waals surface area (Å²) >= 11 is 6.86. The van der Waals surface area contributed by atoms with E-state index >= 15 is 0 Å². The zero-order valence-corrected chi connectivity index (χ0v) is 14.4. The fraction of sp³-hybridized carbons (Fsp3) is 0.118. The van der Waals surface area contributed by atoms with E-state index in [1.54, 1.807) is 24.3 Å². The predicted octanol–water partition coefficient (Wildman–Crippen LogP) is 3.93. The summed E-state index contributed by atoms with van der Waals surface area (Å²) in [6.45, 7) is 0.114. The van der Waals surface area contributed by atoms with E-state index in [-0.39, 0.29) is 28.5 Å². The standard InChI is InChI=1S/C17H12ClFN2O3S/c18-13-7-12(19)4-5-14(13)20-16(23)11-3-1-2-10(6-11)8-21-15(22)9-25-17(21)24/h1-7H,8-9H2,(H,20,23). The van der Waals surface area contributed by atoms with Gasteiger partial charge in [-0.3, -0.25) is 19.3 Å². The molecule has 0 spiro atoms. The van der Waals surface area contributed by atoms with Crippen LogP contribution in [0.1, 0.15) is 15.9 Å². The minimum atomic E-state index is -0.497. The molecule has 1 N–H and O–H groups in total. The third-order valence-corrected chi connectivity index (χ3v) is 4.72. The number of amides is 3. The largest absolute Gasteiger partial charge is 0.321 e. The summed E-state index contributed by atoms with van der Waals surface area (Å²) in [6.07, 6.45) is 0. The second-order valence-corrected chi connectivity index (χ2v) is 6.65. The van der Waals surface area contributed by atoms with E-state index in [9.17, 15) is 18.8 Å². The Morgan fingerprint density at radius 3 is 2.72 bits per heavy atom. The molecule has 1 saturated heterocycles. The Morgan fingerprint density at radius 2 is 2.04 bits per heavy atom. The number of anilines is 1. The molecule has 1 aliphatic heterocycles. The van der Waals surface area contributed by atoms with Crippen molar-refractivity contribution in [2.24, 2.45) is 0 Å². The number of carbonyl (C=O) groups excluding carboxylic acids is 3. The predicted molar refractivity (Wildman–Crippen MR) is 94.2 cm³/mol. The first-order valence-electron chi connectivity index (χ1n) is 7.26. The van der Waals surface area contributed by atoms with Gasteiger partial charge in [-0.15, -0.1) is 0 Å². The molecule has 0 saturated carbocycles. The summed E-state index contributed by atoms with van der Waals surface area (Å²) in [7, 11) is 0. The van der Waals surface area contributed by atoms with Gasteiger partial charge >= 0.3 is 0 Å². The first-order valence-corrected chi connectivity index (χ1v) is 8.63. The molecule has 128 valence electrons. The lowest BCUT2D eigenvalue weighted by atomic mass is 10.1. The fourth-order valence-corrected chi connectivity index (χ4v) is 3.25. The Balaban J connectivity index is 1.75. The van der Waals surface area contributed by atoms with Crippen LogP contribution in [0.5, 0.6) is 0 Å². The second kappa shape index (κ2) is 7.25. The van der Waals surface area contributed by atoms with E-state index in [2.05, 4.69) is 5.32 Å². The van der Waals surface area contributed by atoms with Crippen LogP contribution in [0.3, 0.4) is 0 Å². The highest BCUT2D eigenvalue weighted by Crippen LogP contribution is 2.24. The average molecular weight is 379 g/mol. The van der Waals surface area contributed by atoms with Crippen molar-refractivity contribution in [1.82, 2.24) is 4.90 Å². The smallest absolute Gasteiger partial charge is 0.289 e. The summed E-state index contributed by atoms with van der Waals surface area (Å²) < 4.78 is 13.1. The van der Waals surface area contributed by atoms with Crippen LogP contribution in [-0.2, 0) is 11.3 Å². The third kappa shape index (κ3) is 4.00.